The molecule has 5 nitrogen and oxygen atoms in total. The summed E-state index contributed by atoms with van der Waals surface area (Å²) in [7, 11) is 1.28. The van der Waals surface area contributed by atoms with Crippen LogP contribution in [0.2, 0.25) is 0 Å². The lowest BCUT2D eigenvalue weighted by Crippen LogP contribution is -2.46. The van der Waals surface area contributed by atoms with Gasteiger partial charge in [-0.2, -0.15) is 0 Å². The maximum Gasteiger partial charge on any atom is 0.425 e. The van der Waals surface area contributed by atoms with E-state index in [0.29, 0.717) is 5.11 Å². The van der Waals surface area contributed by atoms with Crippen molar-refractivity contribution in [1.82, 2.24) is 16.2 Å². The molecule has 1 amide bonds. The molecule has 0 atom stereocenters. The number of hydrogen-bond acceptors (Lipinski definition) is 3. The zero-order valence-corrected chi connectivity index (χ0v) is 8.66. The van der Waals surface area contributed by atoms with Crippen molar-refractivity contribution in [2.24, 2.45) is 0 Å². The minimum atomic E-state index is -0.570. The normalized spacial score (nSPS) is 8.77. The number of nitrogens with one attached hydrogen (secondary N) is 3. The maximum atomic E-state index is 10.6. The molecule has 0 saturated heterocycles. The van der Waals surface area contributed by atoms with E-state index in [9.17, 15) is 4.79 Å². The van der Waals surface area contributed by atoms with Crippen molar-refractivity contribution in [2.75, 3.05) is 13.7 Å². The molecule has 0 bridgehead atoms. The zero-order valence-electron chi connectivity index (χ0n) is 7.85. The molecule has 0 unspecified atom stereocenters. The summed E-state index contributed by atoms with van der Waals surface area (Å²) in [5, 5.41) is 3.30. The molecule has 0 aromatic heterocycles. The molecular formula is C7H15N3O2S. The Bertz CT molecular complexity index is 175. The zero-order chi connectivity index (χ0) is 10.1. The van der Waals surface area contributed by atoms with Crippen LogP contribution in [-0.4, -0.2) is 24.9 Å². The molecule has 0 aliphatic rings. The number of methoxy groups -OCH3 is 1. The molecule has 0 spiro atoms. The summed E-state index contributed by atoms with van der Waals surface area (Å²) in [4.78, 5) is 10.6. The van der Waals surface area contributed by atoms with Crippen molar-refractivity contribution in [3.8, 4) is 0 Å². The number of hydrogen-bond donors (Lipinski definition) is 3. The van der Waals surface area contributed by atoms with Crippen LogP contribution in [0.4, 0.5) is 4.79 Å². The van der Waals surface area contributed by atoms with Crippen LogP contribution in [0.3, 0.4) is 0 Å². The first kappa shape index (κ1) is 12.0. The number of thiocarbonyl (C=S) groups is 1. The fraction of sp³-hybridized carbons (Fsp3) is 0.714. The van der Waals surface area contributed by atoms with E-state index in [2.05, 4.69) is 27.8 Å². The lowest BCUT2D eigenvalue weighted by atomic mass is 10.3. The Hall–Kier alpha value is -1.04. The molecule has 0 heterocycles. The Morgan fingerprint density at radius 1 is 1.46 bits per heavy atom. The number of carbonyl (C=O) groups is 1. The second-order valence-electron chi connectivity index (χ2n) is 2.35. The summed E-state index contributed by atoms with van der Waals surface area (Å²) in [6, 6.07) is 0. The fourth-order valence-corrected chi connectivity index (χ4v) is 0.735. The molecule has 0 aromatic rings. The van der Waals surface area contributed by atoms with Crippen molar-refractivity contribution in [3.05, 3.63) is 0 Å². The van der Waals surface area contributed by atoms with Gasteiger partial charge in [-0.1, -0.05) is 13.3 Å². The first-order chi connectivity index (χ1) is 6.20. The molecule has 0 fully saturated rings. The van der Waals surface area contributed by atoms with E-state index >= 15 is 0 Å². The lowest BCUT2D eigenvalue weighted by Gasteiger charge is -2.09. The average molecular weight is 205 g/mol. The van der Waals surface area contributed by atoms with Crippen LogP contribution in [0, 0.1) is 0 Å². The number of ether oxygens (including phenoxy) is 1. The second-order valence-corrected chi connectivity index (χ2v) is 2.76. The van der Waals surface area contributed by atoms with Gasteiger partial charge < -0.3 is 10.1 Å². The summed E-state index contributed by atoms with van der Waals surface area (Å²) in [5.41, 5.74) is 4.73. The van der Waals surface area contributed by atoms with Gasteiger partial charge in [-0.15, -0.1) is 0 Å². The lowest BCUT2D eigenvalue weighted by molar-refractivity contribution is 0.168. The molecule has 6 heteroatoms. The molecule has 76 valence electrons. The maximum absolute atomic E-state index is 10.6. The van der Waals surface area contributed by atoms with Crippen LogP contribution in [0.5, 0.6) is 0 Å². The van der Waals surface area contributed by atoms with Crippen LogP contribution < -0.4 is 16.2 Å². The molecule has 0 aliphatic heterocycles. The molecular weight excluding hydrogens is 190 g/mol. The van der Waals surface area contributed by atoms with Crippen molar-refractivity contribution in [3.63, 3.8) is 0 Å². The van der Waals surface area contributed by atoms with Gasteiger partial charge in [0.05, 0.1) is 7.11 Å². The monoisotopic (exact) mass is 205 g/mol. The van der Waals surface area contributed by atoms with Gasteiger partial charge in [-0.3, -0.25) is 5.43 Å². The van der Waals surface area contributed by atoms with Crippen LogP contribution in [-0.2, 0) is 4.74 Å². The smallest absolute Gasteiger partial charge is 0.425 e. The van der Waals surface area contributed by atoms with E-state index in [-0.39, 0.29) is 0 Å². The van der Waals surface area contributed by atoms with Gasteiger partial charge in [0.1, 0.15) is 0 Å². The van der Waals surface area contributed by atoms with Crippen LogP contribution >= 0.6 is 12.2 Å². The predicted molar refractivity (Wildman–Crippen MR) is 54.2 cm³/mol. The van der Waals surface area contributed by atoms with Crippen LogP contribution in [0.15, 0.2) is 0 Å². The summed E-state index contributed by atoms with van der Waals surface area (Å²) in [6.45, 7) is 2.88. The first-order valence-corrected chi connectivity index (χ1v) is 4.49. The second kappa shape index (κ2) is 7.60. The van der Waals surface area contributed by atoms with Crippen molar-refractivity contribution in [1.29, 1.82) is 0 Å². The number of hydrazine groups is 1. The quantitative estimate of drug-likeness (QED) is 0.356. The summed E-state index contributed by atoms with van der Waals surface area (Å²) in [5.74, 6) is 0. The topological polar surface area (TPSA) is 62.4 Å². The highest BCUT2D eigenvalue weighted by molar-refractivity contribution is 7.80. The van der Waals surface area contributed by atoms with Gasteiger partial charge in [-0.05, 0) is 18.6 Å². The number of rotatable bonds is 3. The Labute approximate surface area is 83.2 Å². The third kappa shape index (κ3) is 7.32. The molecule has 0 aromatic carbocycles. The van der Waals surface area contributed by atoms with Crippen molar-refractivity contribution in [2.45, 2.75) is 19.8 Å². The third-order valence-electron chi connectivity index (χ3n) is 1.28. The van der Waals surface area contributed by atoms with Crippen molar-refractivity contribution < 1.29 is 9.53 Å². The Morgan fingerprint density at radius 2 is 2.15 bits per heavy atom. The molecule has 0 rings (SSSR count). The van der Waals surface area contributed by atoms with Gasteiger partial charge in [0.2, 0.25) is 0 Å². The van der Waals surface area contributed by atoms with Gasteiger partial charge in [0, 0.05) is 6.54 Å². The van der Waals surface area contributed by atoms with E-state index in [4.69, 9.17) is 12.2 Å². The van der Waals surface area contributed by atoms with E-state index < -0.39 is 6.09 Å². The van der Waals surface area contributed by atoms with Crippen molar-refractivity contribution >= 4 is 23.4 Å². The average Bonchev–Trinajstić information content (AvgIpc) is 2.14. The Kier molecular flexibility index (Phi) is 6.99. The fourth-order valence-electron chi connectivity index (χ4n) is 0.582. The highest BCUT2D eigenvalue weighted by Crippen LogP contribution is 1.81. The third-order valence-corrected chi connectivity index (χ3v) is 1.53. The van der Waals surface area contributed by atoms with Gasteiger partial charge in [0.15, 0.2) is 5.11 Å². The molecule has 0 aliphatic carbocycles. The largest absolute Gasteiger partial charge is 0.452 e. The summed E-state index contributed by atoms with van der Waals surface area (Å²) < 4.78 is 4.33. The van der Waals surface area contributed by atoms with Gasteiger partial charge in [-0.25, -0.2) is 10.2 Å². The molecule has 3 N–H and O–H groups in total. The van der Waals surface area contributed by atoms with E-state index in [1.807, 2.05) is 0 Å². The Balaban J connectivity index is 3.35. The summed E-state index contributed by atoms with van der Waals surface area (Å²) in [6.07, 6.45) is 1.57. The highest BCUT2D eigenvalue weighted by Gasteiger charge is 1.97. The highest BCUT2D eigenvalue weighted by atomic mass is 32.1. The van der Waals surface area contributed by atoms with E-state index in [1.54, 1.807) is 0 Å². The Morgan fingerprint density at radius 3 is 2.69 bits per heavy atom. The van der Waals surface area contributed by atoms with E-state index in [1.165, 1.54) is 7.11 Å². The SMILES string of the molecule is CCCCNC(=S)NNC(=O)OC. The van der Waals surface area contributed by atoms with E-state index in [0.717, 1.165) is 19.4 Å². The van der Waals surface area contributed by atoms with Crippen LogP contribution in [0.25, 0.3) is 0 Å². The first-order valence-electron chi connectivity index (χ1n) is 4.08. The van der Waals surface area contributed by atoms with Gasteiger partial charge in [0.25, 0.3) is 0 Å². The minimum Gasteiger partial charge on any atom is -0.452 e. The molecule has 0 radical (unpaired) electrons. The molecule has 0 saturated carbocycles. The van der Waals surface area contributed by atoms with Crippen LogP contribution in [0.1, 0.15) is 19.8 Å². The minimum absolute atomic E-state index is 0.388. The summed E-state index contributed by atoms with van der Waals surface area (Å²) >= 11 is 4.84. The van der Waals surface area contributed by atoms with Gasteiger partial charge >= 0.3 is 6.09 Å². The standard InChI is InChI=1S/C7H15N3O2S/c1-3-4-5-8-6(13)9-10-7(11)12-2/h3-5H2,1-2H3,(H,10,11)(H2,8,9,13). The number of unbranched alkanes of at least 4 members (excludes halogenated alkanes) is 1. The number of carbonyl (C=O) groups excluding carboxylic acids is 1. The predicted octanol–water partition coefficient (Wildman–Crippen LogP) is 0.522. The number of amides is 1. The molecule has 13 heavy (non-hydrogen) atoms.